The van der Waals surface area contributed by atoms with Crippen LogP contribution in [0.25, 0.3) is 0 Å². The van der Waals surface area contributed by atoms with E-state index in [1.807, 2.05) is 0 Å². The molecule has 7 heteroatoms. The predicted molar refractivity (Wildman–Crippen MR) is 67.7 cm³/mol. The van der Waals surface area contributed by atoms with Gasteiger partial charge in [-0.05, 0) is 23.8 Å². The molecule has 2 rings (SSSR count). The second-order valence-corrected chi connectivity index (χ2v) is 4.11. The summed E-state index contributed by atoms with van der Waals surface area (Å²) in [6.07, 6.45) is 3.34. The van der Waals surface area contributed by atoms with E-state index >= 15 is 0 Å². The van der Waals surface area contributed by atoms with Crippen molar-refractivity contribution in [2.24, 2.45) is 0 Å². The van der Waals surface area contributed by atoms with Crippen molar-refractivity contribution in [3.63, 3.8) is 0 Å². The van der Waals surface area contributed by atoms with E-state index < -0.39 is 17.8 Å². The highest BCUT2D eigenvalue weighted by Crippen LogP contribution is 2.26. The minimum absolute atomic E-state index is 0.249. The maximum atomic E-state index is 12.4. The highest BCUT2D eigenvalue weighted by Gasteiger charge is 2.24. The fraction of sp³-hybridized carbons (Fsp3) is 0.214. The average Bonchev–Trinajstić information content (AvgIpc) is 2.39. The maximum Gasteiger partial charge on any atom is 0.270 e. The Balaban J connectivity index is 0.000000211. The SMILES string of the molecule is CC(F)(F)c1ccnc(F)c1.O=CCc1ccnc(F)c1. The minimum atomic E-state index is -3.00. The second kappa shape index (κ2) is 7.47. The number of aldehydes is 1. The van der Waals surface area contributed by atoms with Crippen molar-refractivity contribution in [2.75, 3.05) is 0 Å². The first-order chi connectivity index (χ1) is 9.82. The quantitative estimate of drug-likeness (QED) is 0.496. The molecule has 0 bridgehead atoms. The van der Waals surface area contributed by atoms with Gasteiger partial charge in [0.05, 0.1) is 0 Å². The van der Waals surface area contributed by atoms with Crippen molar-refractivity contribution >= 4 is 6.29 Å². The fourth-order valence-corrected chi connectivity index (χ4v) is 1.34. The van der Waals surface area contributed by atoms with Crippen molar-refractivity contribution in [1.29, 1.82) is 0 Å². The van der Waals surface area contributed by atoms with Crippen LogP contribution in [0, 0.1) is 11.9 Å². The summed E-state index contributed by atoms with van der Waals surface area (Å²) in [6.45, 7) is 0.710. The maximum absolute atomic E-state index is 12.4. The molecule has 0 unspecified atom stereocenters. The molecule has 112 valence electrons. The molecular weight excluding hydrogens is 288 g/mol. The third-order valence-corrected chi connectivity index (χ3v) is 2.34. The summed E-state index contributed by atoms with van der Waals surface area (Å²) < 4.78 is 49.4. The van der Waals surface area contributed by atoms with Crippen LogP contribution in [-0.4, -0.2) is 16.3 Å². The number of hydrogen-bond donors (Lipinski definition) is 0. The monoisotopic (exact) mass is 300 g/mol. The molecule has 0 aliphatic carbocycles. The van der Waals surface area contributed by atoms with Crippen LogP contribution in [0.2, 0.25) is 0 Å². The summed E-state index contributed by atoms with van der Waals surface area (Å²) in [7, 11) is 0. The van der Waals surface area contributed by atoms with Crippen molar-refractivity contribution in [1.82, 2.24) is 9.97 Å². The van der Waals surface area contributed by atoms with Crippen LogP contribution in [0.1, 0.15) is 18.1 Å². The summed E-state index contributed by atoms with van der Waals surface area (Å²) in [5.74, 6) is -4.42. The summed E-state index contributed by atoms with van der Waals surface area (Å²) in [4.78, 5) is 16.4. The Morgan fingerprint density at radius 2 is 1.67 bits per heavy atom. The highest BCUT2D eigenvalue weighted by atomic mass is 19.3. The van der Waals surface area contributed by atoms with Crippen LogP contribution in [0.5, 0.6) is 0 Å². The molecule has 0 saturated carbocycles. The van der Waals surface area contributed by atoms with Crippen LogP contribution >= 0.6 is 0 Å². The van der Waals surface area contributed by atoms with Crippen LogP contribution in [0.3, 0.4) is 0 Å². The Hall–Kier alpha value is -2.31. The minimum Gasteiger partial charge on any atom is -0.303 e. The van der Waals surface area contributed by atoms with Gasteiger partial charge in [0.2, 0.25) is 11.9 Å². The first-order valence-corrected chi connectivity index (χ1v) is 5.87. The van der Waals surface area contributed by atoms with Crippen molar-refractivity contribution < 1.29 is 22.4 Å². The fourth-order valence-electron chi connectivity index (χ4n) is 1.34. The van der Waals surface area contributed by atoms with Gasteiger partial charge in [-0.3, -0.25) is 0 Å². The lowest BCUT2D eigenvalue weighted by Crippen LogP contribution is -2.07. The van der Waals surface area contributed by atoms with E-state index in [2.05, 4.69) is 9.97 Å². The number of halogens is 4. The zero-order valence-corrected chi connectivity index (χ0v) is 11.1. The first-order valence-electron chi connectivity index (χ1n) is 5.87. The molecule has 0 N–H and O–H groups in total. The molecule has 0 atom stereocenters. The van der Waals surface area contributed by atoms with Crippen LogP contribution in [-0.2, 0) is 17.1 Å². The van der Waals surface area contributed by atoms with Crippen molar-refractivity contribution in [3.8, 4) is 0 Å². The third kappa shape index (κ3) is 6.11. The van der Waals surface area contributed by atoms with E-state index in [0.29, 0.717) is 12.5 Å². The lowest BCUT2D eigenvalue weighted by molar-refractivity contribution is -0.107. The number of aromatic nitrogens is 2. The zero-order chi connectivity index (χ0) is 15.9. The first kappa shape index (κ1) is 16.7. The number of pyridine rings is 2. The van der Waals surface area contributed by atoms with Gasteiger partial charge in [0, 0.05) is 37.4 Å². The van der Waals surface area contributed by atoms with Crippen molar-refractivity contribution in [2.45, 2.75) is 19.3 Å². The molecule has 21 heavy (non-hydrogen) atoms. The Bertz CT molecular complexity index is 600. The average molecular weight is 300 g/mol. The smallest absolute Gasteiger partial charge is 0.270 e. The Labute approximate surface area is 118 Å². The number of alkyl halides is 2. The molecule has 2 aromatic rings. The molecule has 3 nitrogen and oxygen atoms in total. The summed E-state index contributed by atoms with van der Waals surface area (Å²) in [6, 6.07) is 4.66. The van der Waals surface area contributed by atoms with E-state index in [4.69, 9.17) is 0 Å². The molecule has 0 spiro atoms. The summed E-state index contributed by atoms with van der Waals surface area (Å²) >= 11 is 0. The van der Waals surface area contributed by atoms with Gasteiger partial charge in [-0.2, -0.15) is 8.78 Å². The van der Waals surface area contributed by atoms with Crippen molar-refractivity contribution in [3.05, 3.63) is 59.7 Å². The largest absolute Gasteiger partial charge is 0.303 e. The number of nitrogens with zero attached hydrogens (tertiary/aromatic N) is 2. The molecule has 2 heterocycles. The van der Waals surface area contributed by atoms with E-state index in [1.165, 1.54) is 12.3 Å². The lowest BCUT2D eigenvalue weighted by Gasteiger charge is -2.08. The van der Waals surface area contributed by atoms with Gasteiger partial charge >= 0.3 is 0 Å². The van der Waals surface area contributed by atoms with Gasteiger partial charge in [-0.25, -0.2) is 18.7 Å². The van der Waals surface area contributed by atoms with Gasteiger partial charge in [-0.15, -0.1) is 0 Å². The standard InChI is InChI=1S/C7H6F3N.C7H6FNO/c1-7(9,10)5-2-3-11-6(8)4-5;8-7-5-6(2-4-10)1-3-9-7/h2-4H,1H3;1,3-5H,2H2. The summed E-state index contributed by atoms with van der Waals surface area (Å²) in [5.41, 5.74) is 0.299. The molecule has 2 aromatic heterocycles. The number of carbonyl (C=O) groups excluding carboxylic acids is 1. The Kier molecular flexibility index (Phi) is 5.95. The van der Waals surface area contributed by atoms with Gasteiger partial charge in [-0.1, -0.05) is 0 Å². The van der Waals surface area contributed by atoms with E-state index in [-0.39, 0.29) is 12.0 Å². The van der Waals surface area contributed by atoms with Crippen LogP contribution in [0.4, 0.5) is 17.6 Å². The third-order valence-electron chi connectivity index (χ3n) is 2.34. The van der Waals surface area contributed by atoms with Gasteiger partial charge in [0.25, 0.3) is 5.92 Å². The normalized spacial score (nSPS) is 10.5. The molecule has 0 amide bonds. The van der Waals surface area contributed by atoms with Gasteiger partial charge in [0.15, 0.2) is 0 Å². The Morgan fingerprint density at radius 3 is 2.10 bits per heavy atom. The predicted octanol–water partition coefficient (Wildman–Crippen LogP) is 3.29. The molecule has 0 aliphatic rings. The van der Waals surface area contributed by atoms with Gasteiger partial charge in [0.1, 0.15) is 6.29 Å². The molecule has 0 saturated heterocycles. The zero-order valence-electron chi connectivity index (χ0n) is 11.1. The molecule has 0 radical (unpaired) electrons. The number of hydrogen-bond acceptors (Lipinski definition) is 3. The molecular formula is C14H12F4N2O. The summed E-state index contributed by atoms with van der Waals surface area (Å²) in [5, 5.41) is 0. The Morgan fingerprint density at radius 1 is 1.10 bits per heavy atom. The lowest BCUT2D eigenvalue weighted by atomic mass is 10.2. The topological polar surface area (TPSA) is 42.9 Å². The van der Waals surface area contributed by atoms with E-state index in [1.54, 1.807) is 6.07 Å². The highest BCUT2D eigenvalue weighted by molar-refractivity contribution is 5.54. The number of rotatable bonds is 3. The second-order valence-electron chi connectivity index (χ2n) is 4.11. The van der Waals surface area contributed by atoms with E-state index in [9.17, 15) is 22.4 Å². The number of carbonyl (C=O) groups is 1. The molecule has 0 aromatic carbocycles. The molecule has 0 aliphatic heterocycles. The molecule has 0 fully saturated rings. The van der Waals surface area contributed by atoms with Crippen LogP contribution < -0.4 is 0 Å². The van der Waals surface area contributed by atoms with E-state index in [0.717, 1.165) is 24.6 Å². The van der Waals surface area contributed by atoms with Gasteiger partial charge < -0.3 is 4.79 Å². The van der Waals surface area contributed by atoms with Crippen LogP contribution in [0.15, 0.2) is 36.7 Å².